The lowest BCUT2D eigenvalue weighted by Crippen LogP contribution is -2.31. The van der Waals surface area contributed by atoms with Gasteiger partial charge in [-0.15, -0.1) is 0 Å². The second-order valence-electron chi connectivity index (χ2n) is 6.36. The minimum absolute atomic E-state index is 0.623. The molecule has 1 heterocycles. The van der Waals surface area contributed by atoms with Gasteiger partial charge in [0.25, 0.3) is 0 Å². The van der Waals surface area contributed by atoms with Gasteiger partial charge in [-0.05, 0) is 30.5 Å². The SMILES string of the molecule is COCCN(CC(C)C)c1ccnc(CNCC(C)C)c1. The van der Waals surface area contributed by atoms with Gasteiger partial charge in [0, 0.05) is 38.6 Å². The standard InChI is InChI=1S/C17H31N3O/c1-14(2)11-18-12-16-10-17(6-7-19-16)20(8-9-21-5)13-15(3)4/h6-7,10,14-15,18H,8-9,11-13H2,1-5H3. The van der Waals surface area contributed by atoms with Crippen molar-refractivity contribution in [3.8, 4) is 0 Å². The molecule has 0 saturated carbocycles. The number of hydrogen-bond donors (Lipinski definition) is 1. The van der Waals surface area contributed by atoms with E-state index >= 15 is 0 Å². The Bertz CT molecular complexity index is 393. The van der Waals surface area contributed by atoms with Gasteiger partial charge in [0.15, 0.2) is 0 Å². The van der Waals surface area contributed by atoms with Crippen molar-refractivity contribution < 1.29 is 4.74 Å². The Morgan fingerprint density at radius 1 is 1.24 bits per heavy atom. The molecule has 0 saturated heterocycles. The Hall–Kier alpha value is -1.13. The molecule has 0 spiro atoms. The van der Waals surface area contributed by atoms with Gasteiger partial charge in [-0.1, -0.05) is 27.7 Å². The van der Waals surface area contributed by atoms with Crippen LogP contribution in [0, 0.1) is 11.8 Å². The van der Waals surface area contributed by atoms with E-state index in [0.29, 0.717) is 11.8 Å². The van der Waals surface area contributed by atoms with Gasteiger partial charge in [-0.2, -0.15) is 0 Å². The van der Waals surface area contributed by atoms with Gasteiger partial charge in [0.05, 0.1) is 12.3 Å². The van der Waals surface area contributed by atoms with Gasteiger partial charge in [0.2, 0.25) is 0 Å². The van der Waals surface area contributed by atoms with Crippen LogP contribution in [0.15, 0.2) is 18.3 Å². The minimum atomic E-state index is 0.623. The molecule has 0 bridgehead atoms. The molecule has 1 aromatic rings. The summed E-state index contributed by atoms with van der Waals surface area (Å²) < 4.78 is 5.23. The molecule has 0 atom stereocenters. The lowest BCUT2D eigenvalue weighted by molar-refractivity contribution is 0.204. The number of nitrogens with one attached hydrogen (secondary N) is 1. The van der Waals surface area contributed by atoms with E-state index in [1.54, 1.807) is 7.11 Å². The zero-order valence-electron chi connectivity index (χ0n) is 14.2. The summed E-state index contributed by atoms with van der Waals surface area (Å²) in [5.74, 6) is 1.28. The number of anilines is 1. The lowest BCUT2D eigenvalue weighted by Gasteiger charge is -2.26. The molecular weight excluding hydrogens is 262 g/mol. The molecule has 1 rings (SSSR count). The molecule has 1 aromatic heterocycles. The van der Waals surface area contributed by atoms with Gasteiger partial charge < -0.3 is 15.0 Å². The first-order valence-corrected chi connectivity index (χ1v) is 7.92. The third-order valence-corrected chi connectivity index (χ3v) is 3.17. The largest absolute Gasteiger partial charge is 0.383 e. The van der Waals surface area contributed by atoms with Gasteiger partial charge in [-0.25, -0.2) is 0 Å². The summed E-state index contributed by atoms with van der Waals surface area (Å²) in [4.78, 5) is 6.83. The number of ether oxygens (including phenoxy) is 1. The summed E-state index contributed by atoms with van der Waals surface area (Å²) in [6.07, 6.45) is 1.90. The Morgan fingerprint density at radius 2 is 2.00 bits per heavy atom. The molecule has 21 heavy (non-hydrogen) atoms. The van der Waals surface area contributed by atoms with E-state index in [2.05, 4.69) is 55.0 Å². The number of pyridine rings is 1. The van der Waals surface area contributed by atoms with Crippen LogP contribution >= 0.6 is 0 Å². The zero-order chi connectivity index (χ0) is 15.7. The fraction of sp³-hybridized carbons (Fsp3) is 0.706. The molecule has 0 aromatic carbocycles. The Morgan fingerprint density at radius 3 is 2.62 bits per heavy atom. The van der Waals surface area contributed by atoms with Gasteiger partial charge >= 0.3 is 0 Å². The predicted molar refractivity (Wildman–Crippen MR) is 89.7 cm³/mol. The average Bonchev–Trinajstić information content (AvgIpc) is 2.43. The van der Waals surface area contributed by atoms with E-state index < -0.39 is 0 Å². The van der Waals surface area contributed by atoms with E-state index in [1.807, 2.05) is 6.20 Å². The van der Waals surface area contributed by atoms with E-state index in [4.69, 9.17) is 4.74 Å². The molecule has 0 amide bonds. The summed E-state index contributed by atoms with van der Waals surface area (Å²) in [7, 11) is 1.75. The highest BCUT2D eigenvalue weighted by molar-refractivity contribution is 5.46. The highest BCUT2D eigenvalue weighted by Crippen LogP contribution is 2.16. The van der Waals surface area contributed by atoms with Crippen molar-refractivity contribution in [2.24, 2.45) is 11.8 Å². The first-order chi connectivity index (χ1) is 10.0. The van der Waals surface area contributed by atoms with Crippen molar-refractivity contribution in [1.29, 1.82) is 0 Å². The van der Waals surface area contributed by atoms with Crippen LogP contribution in [0.4, 0.5) is 5.69 Å². The number of hydrogen-bond acceptors (Lipinski definition) is 4. The summed E-state index contributed by atoms with van der Waals surface area (Å²) in [5.41, 5.74) is 2.33. The van der Waals surface area contributed by atoms with Crippen LogP contribution in [0.5, 0.6) is 0 Å². The normalized spacial score (nSPS) is 11.4. The van der Waals surface area contributed by atoms with Crippen LogP contribution in [-0.2, 0) is 11.3 Å². The molecule has 4 heteroatoms. The fourth-order valence-corrected chi connectivity index (χ4v) is 2.22. The third-order valence-electron chi connectivity index (χ3n) is 3.17. The molecular formula is C17H31N3O. The van der Waals surface area contributed by atoms with Crippen molar-refractivity contribution in [3.63, 3.8) is 0 Å². The molecule has 0 unspecified atom stereocenters. The number of nitrogens with zero attached hydrogens (tertiary/aromatic N) is 2. The molecule has 0 aliphatic rings. The third kappa shape index (κ3) is 7.44. The minimum Gasteiger partial charge on any atom is -0.383 e. The molecule has 0 aliphatic heterocycles. The Kier molecular flexibility index (Phi) is 8.31. The smallest absolute Gasteiger partial charge is 0.0637 e. The van der Waals surface area contributed by atoms with Gasteiger partial charge in [-0.3, -0.25) is 4.98 Å². The second kappa shape index (κ2) is 9.74. The molecule has 0 aliphatic carbocycles. The van der Waals surface area contributed by atoms with Crippen LogP contribution in [0.25, 0.3) is 0 Å². The summed E-state index contributed by atoms with van der Waals surface area (Å²) >= 11 is 0. The topological polar surface area (TPSA) is 37.4 Å². The summed E-state index contributed by atoms with van der Waals surface area (Å²) in [6, 6.07) is 4.27. The Balaban J connectivity index is 2.69. The van der Waals surface area contributed by atoms with E-state index in [1.165, 1.54) is 5.69 Å². The molecule has 0 radical (unpaired) electrons. The van der Waals surface area contributed by atoms with Crippen LogP contribution in [0.1, 0.15) is 33.4 Å². The van der Waals surface area contributed by atoms with Crippen molar-refractivity contribution >= 4 is 5.69 Å². The highest BCUT2D eigenvalue weighted by Gasteiger charge is 2.09. The van der Waals surface area contributed by atoms with E-state index in [-0.39, 0.29) is 0 Å². The lowest BCUT2D eigenvalue weighted by atomic mass is 10.2. The molecule has 0 fully saturated rings. The van der Waals surface area contributed by atoms with Crippen molar-refractivity contribution in [2.45, 2.75) is 34.2 Å². The molecule has 1 N–H and O–H groups in total. The van der Waals surface area contributed by atoms with Crippen molar-refractivity contribution in [3.05, 3.63) is 24.0 Å². The van der Waals surface area contributed by atoms with Crippen LogP contribution in [0.3, 0.4) is 0 Å². The number of methoxy groups -OCH3 is 1. The maximum Gasteiger partial charge on any atom is 0.0637 e. The average molecular weight is 293 g/mol. The Labute approximate surface area is 129 Å². The molecule has 4 nitrogen and oxygen atoms in total. The number of aromatic nitrogens is 1. The quantitative estimate of drug-likeness (QED) is 0.720. The monoisotopic (exact) mass is 293 g/mol. The highest BCUT2D eigenvalue weighted by atomic mass is 16.5. The van der Waals surface area contributed by atoms with Crippen molar-refractivity contribution in [2.75, 3.05) is 38.3 Å². The van der Waals surface area contributed by atoms with E-state index in [0.717, 1.165) is 38.5 Å². The number of rotatable bonds is 10. The first-order valence-electron chi connectivity index (χ1n) is 7.92. The van der Waals surface area contributed by atoms with Crippen molar-refractivity contribution in [1.82, 2.24) is 10.3 Å². The van der Waals surface area contributed by atoms with Crippen LogP contribution in [-0.4, -0.2) is 38.3 Å². The first kappa shape index (κ1) is 17.9. The fourth-order valence-electron chi connectivity index (χ4n) is 2.22. The van der Waals surface area contributed by atoms with Crippen LogP contribution < -0.4 is 10.2 Å². The van der Waals surface area contributed by atoms with Crippen LogP contribution in [0.2, 0.25) is 0 Å². The summed E-state index contributed by atoms with van der Waals surface area (Å²) in [5, 5.41) is 3.45. The second-order valence-corrected chi connectivity index (χ2v) is 6.36. The predicted octanol–water partition coefficient (Wildman–Crippen LogP) is 2.94. The van der Waals surface area contributed by atoms with Gasteiger partial charge in [0.1, 0.15) is 0 Å². The molecule has 120 valence electrons. The maximum atomic E-state index is 5.23. The summed E-state index contributed by atoms with van der Waals surface area (Å²) in [6.45, 7) is 13.5. The maximum absolute atomic E-state index is 5.23. The zero-order valence-corrected chi connectivity index (χ0v) is 14.2. The van der Waals surface area contributed by atoms with E-state index in [9.17, 15) is 0 Å².